The third kappa shape index (κ3) is 5.00. The Bertz CT molecular complexity index is 1410. The zero-order valence-electron chi connectivity index (χ0n) is 19.4. The predicted octanol–water partition coefficient (Wildman–Crippen LogP) is 4.42. The molecule has 1 heterocycles. The van der Waals surface area contributed by atoms with Gasteiger partial charge >= 0.3 is 12.0 Å². The molecule has 1 N–H and O–H groups in total. The highest BCUT2D eigenvalue weighted by Gasteiger charge is 2.38. The van der Waals surface area contributed by atoms with Crippen molar-refractivity contribution in [3.63, 3.8) is 0 Å². The van der Waals surface area contributed by atoms with E-state index in [0.29, 0.717) is 16.0 Å². The summed E-state index contributed by atoms with van der Waals surface area (Å²) in [5, 5.41) is 2.05. The molecular formula is C27H21FN2O6. The van der Waals surface area contributed by atoms with Crippen LogP contribution in [0.15, 0.2) is 72.3 Å². The van der Waals surface area contributed by atoms with E-state index in [-0.39, 0.29) is 29.4 Å². The third-order valence-electron chi connectivity index (χ3n) is 5.23. The number of carbonyl (C=O) groups is 4. The lowest BCUT2D eigenvalue weighted by Gasteiger charge is -2.26. The van der Waals surface area contributed by atoms with Gasteiger partial charge in [0.05, 0.1) is 17.9 Å². The van der Waals surface area contributed by atoms with Crippen LogP contribution in [-0.4, -0.2) is 30.4 Å². The standard InChI is InChI=1S/C27H21FN2O6/c1-3-35-23-15-17(11-12-22(23)36-26(33)18-8-6-7-16(2)13-18)14-19-24(31)29-27(34)30(25(19)32)21-10-5-4-9-20(21)28/h4-15H,3H2,1-2H3,(H,29,31,34)/b19-14+. The van der Waals surface area contributed by atoms with Gasteiger partial charge in [0.25, 0.3) is 11.8 Å². The Morgan fingerprint density at radius 1 is 1.00 bits per heavy atom. The van der Waals surface area contributed by atoms with Gasteiger partial charge in [-0.2, -0.15) is 0 Å². The van der Waals surface area contributed by atoms with Crippen LogP contribution in [0.4, 0.5) is 14.9 Å². The molecule has 0 unspecified atom stereocenters. The molecule has 3 aromatic carbocycles. The monoisotopic (exact) mass is 488 g/mol. The summed E-state index contributed by atoms with van der Waals surface area (Å²) >= 11 is 0. The van der Waals surface area contributed by atoms with E-state index in [9.17, 15) is 23.6 Å². The van der Waals surface area contributed by atoms with Crippen molar-refractivity contribution < 1.29 is 33.0 Å². The second kappa shape index (κ2) is 10.2. The smallest absolute Gasteiger partial charge is 0.343 e. The summed E-state index contributed by atoms with van der Waals surface area (Å²) in [6, 6.07) is 15.6. The highest BCUT2D eigenvalue weighted by atomic mass is 19.1. The first-order chi connectivity index (χ1) is 17.3. The molecule has 1 aliphatic heterocycles. The maximum atomic E-state index is 14.3. The Labute approximate surface area is 205 Å². The predicted molar refractivity (Wildman–Crippen MR) is 129 cm³/mol. The number of hydrogen-bond acceptors (Lipinski definition) is 6. The fourth-order valence-corrected chi connectivity index (χ4v) is 3.57. The number of ether oxygens (including phenoxy) is 2. The molecule has 9 heteroatoms. The van der Waals surface area contributed by atoms with Gasteiger partial charge in [-0.1, -0.05) is 35.9 Å². The molecule has 0 aliphatic carbocycles. The summed E-state index contributed by atoms with van der Waals surface area (Å²) in [4.78, 5) is 50.9. The number of nitrogens with zero attached hydrogens (tertiary/aromatic N) is 1. The normalized spacial score (nSPS) is 14.6. The van der Waals surface area contributed by atoms with Crippen LogP contribution in [0.25, 0.3) is 6.08 Å². The van der Waals surface area contributed by atoms with E-state index >= 15 is 0 Å². The highest BCUT2D eigenvalue weighted by Crippen LogP contribution is 2.31. The lowest BCUT2D eigenvalue weighted by Crippen LogP contribution is -2.54. The lowest BCUT2D eigenvalue weighted by molar-refractivity contribution is -0.122. The molecule has 1 aliphatic rings. The van der Waals surface area contributed by atoms with Crippen molar-refractivity contribution in [3.8, 4) is 11.5 Å². The van der Waals surface area contributed by atoms with Crippen LogP contribution in [0.2, 0.25) is 0 Å². The van der Waals surface area contributed by atoms with Gasteiger partial charge in [-0.05, 0) is 61.9 Å². The van der Waals surface area contributed by atoms with Gasteiger partial charge < -0.3 is 9.47 Å². The number of halogens is 1. The number of esters is 1. The summed E-state index contributed by atoms with van der Waals surface area (Å²) in [6.45, 7) is 3.85. The number of amides is 4. The maximum absolute atomic E-state index is 14.3. The first-order valence-electron chi connectivity index (χ1n) is 11.0. The van der Waals surface area contributed by atoms with E-state index in [4.69, 9.17) is 9.47 Å². The van der Waals surface area contributed by atoms with Gasteiger partial charge in [-0.25, -0.2) is 18.9 Å². The number of rotatable bonds is 6. The van der Waals surface area contributed by atoms with Gasteiger partial charge in [0.2, 0.25) is 0 Å². The molecule has 0 spiro atoms. The third-order valence-corrected chi connectivity index (χ3v) is 5.23. The Morgan fingerprint density at radius 3 is 2.50 bits per heavy atom. The fraction of sp³-hybridized carbons (Fsp3) is 0.111. The average Bonchev–Trinajstić information content (AvgIpc) is 2.84. The van der Waals surface area contributed by atoms with Gasteiger partial charge in [0.1, 0.15) is 11.4 Å². The van der Waals surface area contributed by atoms with Gasteiger partial charge in [-0.15, -0.1) is 0 Å². The Balaban J connectivity index is 1.65. The lowest BCUT2D eigenvalue weighted by atomic mass is 10.1. The van der Waals surface area contributed by atoms with Crippen LogP contribution in [0.5, 0.6) is 11.5 Å². The summed E-state index contributed by atoms with van der Waals surface area (Å²) in [5.41, 5.74) is 0.951. The number of nitrogens with one attached hydrogen (secondary N) is 1. The van der Waals surface area contributed by atoms with Crippen molar-refractivity contribution in [3.05, 3.63) is 94.8 Å². The molecule has 0 radical (unpaired) electrons. The molecule has 4 rings (SSSR count). The average molecular weight is 488 g/mol. The summed E-state index contributed by atoms with van der Waals surface area (Å²) < 4.78 is 25.4. The Morgan fingerprint density at radius 2 is 1.78 bits per heavy atom. The Hall–Kier alpha value is -4.79. The zero-order valence-corrected chi connectivity index (χ0v) is 19.4. The van der Waals surface area contributed by atoms with E-state index in [0.717, 1.165) is 11.6 Å². The zero-order chi connectivity index (χ0) is 25.8. The number of carbonyl (C=O) groups excluding carboxylic acids is 4. The highest BCUT2D eigenvalue weighted by molar-refractivity contribution is 6.39. The maximum Gasteiger partial charge on any atom is 0.343 e. The molecule has 3 aromatic rings. The molecule has 0 atom stereocenters. The molecule has 8 nitrogen and oxygen atoms in total. The number of benzene rings is 3. The topological polar surface area (TPSA) is 102 Å². The number of anilines is 1. The first-order valence-corrected chi connectivity index (χ1v) is 11.0. The van der Waals surface area contributed by atoms with Crippen molar-refractivity contribution in [2.24, 2.45) is 0 Å². The molecule has 182 valence electrons. The number of barbiturate groups is 1. The van der Waals surface area contributed by atoms with Crippen LogP contribution < -0.4 is 19.7 Å². The van der Waals surface area contributed by atoms with Crippen LogP contribution in [-0.2, 0) is 9.59 Å². The fourth-order valence-electron chi connectivity index (χ4n) is 3.57. The van der Waals surface area contributed by atoms with Crippen LogP contribution in [0.3, 0.4) is 0 Å². The summed E-state index contributed by atoms with van der Waals surface area (Å²) in [7, 11) is 0. The van der Waals surface area contributed by atoms with Crippen molar-refractivity contribution in [2.45, 2.75) is 13.8 Å². The number of hydrogen-bond donors (Lipinski definition) is 1. The van der Waals surface area contributed by atoms with Crippen LogP contribution in [0, 0.1) is 12.7 Å². The van der Waals surface area contributed by atoms with E-state index in [1.54, 1.807) is 25.1 Å². The minimum atomic E-state index is -1.05. The minimum absolute atomic E-state index is 0.146. The van der Waals surface area contributed by atoms with E-state index < -0.39 is 29.6 Å². The van der Waals surface area contributed by atoms with E-state index in [1.807, 2.05) is 18.3 Å². The van der Waals surface area contributed by atoms with Crippen molar-refractivity contribution in [1.82, 2.24) is 5.32 Å². The minimum Gasteiger partial charge on any atom is -0.490 e. The van der Waals surface area contributed by atoms with E-state index in [1.165, 1.54) is 42.5 Å². The summed E-state index contributed by atoms with van der Waals surface area (Å²) in [6.07, 6.45) is 1.24. The molecule has 0 bridgehead atoms. The van der Waals surface area contributed by atoms with Gasteiger partial charge in [0.15, 0.2) is 11.5 Å². The van der Waals surface area contributed by atoms with Crippen LogP contribution in [0.1, 0.15) is 28.4 Å². The number of imide groups is 2. The summed E-state index contributed by atoms with van der Waals surface area (Å²) in [5.74, 6) is -2.93. The molecule has 1 fully saturated rings. The van der Waals surface area contributed by atoms with Crippen molar-refractivity contribution >= 4 is 35.6 Å². The number of urea groups is 1. The second-order valence-corrected chi connectivity index (χ2v) is 7.81. The van der Waals surface area contributed by atoms with Crippen LogP contribution >= 0.6 is 0 Å². The molecule has 36 heavy (non-hydrogen) atoms. The molecular weight excluding hydrogens is 467 g/mol. The molecule has 4 amide bonds. The molecule has 0 aromatic heterocycles. The molecule has 0 saturated carbocycles. The second-order valence-electron chi connectivity index (χ2n) is 7.81. The number of aryl methyl sites for hydroxylation is 1. The van der Waals surface area contributed by atoms with Crippen molar-refractivity contribution in [2.75, 3.05) is 11.5 Å². The number of para-hydroxylation sites is 1. The van der Waals surface area contributed by atoms with Gasteiger partial charge in [-0.3, -0.25) is 14.9 Å². The van der Waals surface area contributed by atoms with Crippen molar-refractivity contribution in [1.29, 1.82) is 0 Å². The SMILES string of the molecule is CCOc1cc(/C=C2\C(=O)NC(=O)N(c3ccccc3F)C2=O)ccc1OC(=O)c1cccc(C)c1. The molecule has 1 saturated heterocycles. The van der Waals surface area contributed by atoms with Gasteiger partial charge in [0, 0.05) is 0 Å². The first kappa shape index (κ1) is 24.3. The largest absolute Gasteiger partial charge is 0.490 e. The quantitative estimate of drug-likeness (QED) is 0.239. The van der Waals surface area contributed by atoms with E-state index in [2.05, 4.69) is 0 Å². The Kier molecular flexibility index (Phi) is 6.91.